The fraction of sp³-hybridized carbons (Fsp3) is 0.0556. The minimum absolute atomic E-state index is 0.272. The Labute approximate surface area is 143 Å². The van der Waals surface area contributed by atoms with Crippen molar-refractivity contribution in [3.05, 3.63) is 77.6 Å². The maximum absolute atomic E-state index is 5.92. The van der Waals surface area contributed by atoms with Gasteiger partial charge in [0, 0.05) is 5.02 Å². The largest absolute Gasteiger partial charge is 0.486 e. The average Bonchev–Trinajstić information content (AvgIpc) is 3.09. The number of rotatable bonds is 4. The molecule has 0 atom stereocenters. The van der Waals surface area contributed by atoms with E-state index < -0.39 is 0 Å². The number of tetrazole rings is 1. The van der Waals surface area contributed by atoms with Crippen LogP contribution in [0.1, 0.15) is 5.82 Å². The molecule has 0 aliphatic carbocycles. The zero-order chi connectivity index (χ0) is 16.4. The third-order valence-electron chi connectivity index (χ3n) is 3.69. The van der Waals surface area contributed by atoms with Crippen LogP contribution in [-0.4, -0.2) is 20.2 Å². The second-order valence-electron chi connectivity index (χ2n) is 5.28. The molecule has 0 amide bonds. The van der Waals surface area contributed by atoms with Gasteiger partial charge in [-0.3, -0.25) is 0 Å². The van der Waals surface area contributed by atoms with E-state index >= 15 is 0 Å². The zero-order valence-electron chi connectivity index (χ0n) is 12.6. The lowest BCUT2D eigenvalue weighted by molar-refractivity contribution is 0.292. The van der Waals surface area contributed by atoms with Crippen molar-refractivity contribution in [2.75, 3.05) is 0 Å². The number of benzene rings is 3. The van der Waals surface area contributed by atoms with Crippen LogP contribution < -0.4 is 4.74 Å². The Kier molecular flexibility index (Phi) is 3.84. The van der Waals surface area contributed by atoms with Crippen molar-refractivity contribution in [2.45, 2.75) is 6.61 Å². The second-order valence-corrected chi connectivity index (χ2v) is 5.72. The van der Waals surface area contributed by atoms with E-state index in [4.69, 9.17) is 16.3 Å². The molecule has 0 spiro atoms. The summed E-state index contributed by atoms with van der Waals surface area (Å²) in [7, 11) is 0. The summed E-state index contributed by atoms with van der Waals surface area (Å²) in [6, 6.07) is 21.4. The van der Waals surface area contributed by atoms with Gasteiger partial charge in [0.2, 0.25) is 0 Å². The molecule has 0 bridgehead atoms. The molecule has 0 saturated carbocycles. The summed E-state index contributed by atoms with van der Waals surface area (Å²) >= 11 is 5.92. The molecule has 0 aliphatic rings. The van der Waals surface area contributed by atoms with Gasteiger partial charge in [-0.05, 0) is 57.6 Å². The molecule has 4 rings (SSSR count). The van der Waals surface area contributed by atoms with Crippen LogP contribution in [0.4, 0.5) is 0 Å². The number of nitrogens with zero attached hydrogens (tertiary/aromatic N) is 4. The maximum Gasteiger partial charge on any atom is 0.194 e. The highest BCUT2D eigenvalue weighted by Crippen LogP contribution is 2.21. The van der Waals surface area contributed by atoms with Gasteiger partial charge < -0.3 is 4.74 Å². The Morgan fingerprint density at radius 1 is 0.917 bits per heavy atom. The first-order valence-corrected chi connectivity index (χ1v) is 7.82. The average molecular weight is 337 g/mol. The molecule has 0 saturated heterocycles. The van der Waals surface area contributed by atoms with Gasteiger partial charge >= 0.3 is 0 Å². The molecule has 24 heavy (non-hydrogen) atoms. The first-order valence-electron chi connectivity index (χ1n) is 7.44. The van der Waals surface area contributed by atoms with Crippen molar-refractivity contribution in [2.24, 2.45) is 0 Å². The van der Waals surface area contributed by atoms with Gasteiger partial charge in [-0.15, -0.1) is 5.10 Å². The van der Waals surface area contributed by atoms with E-state index in [9.17, 15) is 0 Å². The Bertz CT molecular complexity index is 982. The fourth-order valence-electron chi connectivity index (χ4n) is 2.48. The van der Waals surface area contributed by atoms with Crippen molar-refractivity contribution >= 4 is 22.4 Å². The first-order chi connectivity index (χ1) is 11.8. The predicted octanol–water partition coefficient (Wildman–Crippen LogP) is 4.05. The molecule has 4 aromatic rings. The number of hydrogen-bond acceptors (Lipinski definition) is 4. The van der Waals surface area contributed by atoms with Gasteiger partial charge in [0.1, 0.15) is 12.4 Å². The van der Waals surface area contributed by atoms with E-state index in [1.165, 1.54) is 5.39 Å². The highest BCUT2D eigenvalue weighted by molar-refractivity contribution is 6.30. The van der Waals surface area contributed by atoms with E-state index in [0.29, 0.717) is 10.8 Å². The molecule has 0 unspecified atom stereocenters. The summed E-state index contributed by atoms with van der Waals surface area (Å²) in [6.45, 7) is 0.272. The standard InChI is InChI=1S/C18H13ClN4O/c19-15-6-8-16(9-7-15)23-18(20-21-22-23)12-24-17-10-5-13-3-1-2-4-14(13)11-17/h1-11H,12H2. The lowest BCUT2D eigenvalue weighted by atomic mass is 10.1. The predicted molar refractivity (Wildman–Crippen MR) is 92.4 cm³/mol. The van der Waals surface area contributed by atoms with Crippen LogP contribution in [0.25, 0.3) is 16.5 Å². The summed E-state index contributed by atoms with van der Waals surface area (Å²) in [6.07, 6.45) is 0. The smallest absolute Gasteiger partial charge is 0.194 e. The Balaban J connectivity index is 1.55. The number of fused-ring (bicyclic) bond motifs is 1. The molecular formula is C18H13ClN4O. The second kappa shape index (κ2) is 6.29. The van der Waals surface area contributed by atoms with Gasteiger partial charge in [0.05, 0.1) is 5.69 Å². The molecule has 0 aliphatic heterocycles. The monoisotopic (exact) mass is 336 g/mol. The van der Waals surface area contributed by atoms with Gasteiger partial charge in [-0.25, -0.2) is 0 Å². The molecular weight excluding hydrogens is 324 g/mol. The highest BCUT2D eigenvalue weighted by Gasteiger charge is 2.09. The van der Waals surface area contributed by atoms with Crippen LogP contribution in [0.5, 0.6) is 5.75 Å². The van der Waals surface area contributed by atoms with E-state index in [-0.39, 0.29) is 6.61 Å². The number of hydrogen-bond donors (Lipinski definition) is 0. The number of aromatic nitrogens is 4. The molecule has 0 fully saturated rings. The highest BCUT2D eigenvalue weighted by atomic mass is 35.5. The van der Waals surface area contributed by atoms with E-state index in [1.54, 1.807) is 16.8 Å². The van der Waals surface area contributed by atoms with Crippen LogP contribution in [0, 0.1) is 0 Å². The molecule has 1 aromatic heterocycles. The van der Waals surface area contributed by atoms with Crippen LogP contribution >= 0.6 is 11.6 Å². The topological polar surface area (TPSA) is 52.8 Å². The Morgan fingerprint density at radius 3 is 2.54 bits per heavy atom. The molecule has 118 valence electrons. The molecule has 1 heterocycles. The Hall–Kier alpha value is -2.92. The fourth-order valence-corrected chi connectivity index (χ4v) is 2.61. The third-order valence-corrected chi connectivity index (χ3v) is 3.95. The van der Waals surface area contributed by atoms with E-state index in [0.717, 1.165) is 16.8 Å². The Morgan fingerprint density at radius 2 is 1.71 bits per heavy atom. The lowest BCUT2D eigenvalue weighted by Gasteiger charge is -2.08. The zero-order valence-corrected chi connectivity index (χ0v) is 13.4. The first kappa shape index (κ1) is 14.7. The normalized spacial score (nSPS) is 10.9. The van der Waals surface area contributed by atoms with Crippen LogP contribution in [0.15, 0.2) is 66.7 Å². The third kappa shape index (κ3) is 2.94. The van der Waals surface area contributed by atoms with Crippen molar-refractivity contribution in [3.8, 4) is 11.4 Å². The van der Waals surface area contributed by atoms with Crippen molar-refractivity contribution in [3.63, 3.8) is 0 Å². The van der Waals surface area contributed by atoms with Gasteiger partial charge in [-0.2, -0.15) is 4.68 Å². The van der Waals surface area contributed by atoms with Crippen LogP contribution in [-0.2, 0) is 6.61 Å². The van der Waals surface area contributed by atoms with Crippen LogP contribution in [0.2, 0.25) is 5.02 Å². The van der Waals surface area contributed by atoms with Crippen molar-refractivity contribution < 1.29 is 4.74 Å². The lowest BCUT2D eigenvalue weighted by Crippen LogP contribution is -2.06. The molecule has 0 radical (unpaired) electrons. The van der Waals surface area contributed by atoms with E-state index in [1.807, 2.05) is 42.5 Å². The summed E-state index contributed by atoms with van der Waals surface area (Å²) in [4.78, 5) is 0. The van der Waals surface area contributed by atoms with Gasteiger partial charge in [-0.1, -0.05) is 41.9 Å². The summed E-state index contributed by atoms with van der Waals surface area (Å²) < 4.78 is 7.49. The van der Waals surface area contributed by atoms with E-state index in [2.05, 4.69) is 27.7 Å². The molecule has 0 N–H and O–H groups in total. The molecule has 3 aromatic carbocycles. The van der Waals surface area contributed by atoms with Gasteiger partial charge in [0.15, 0.2) is 5.82 Å². The summed E-state index contributed by atoms with van der Waals surface area (Å²) in [5.74, 6) is 1.39. The number of halogens is 1. The maximum atomic E-state index is 5.92. The number of ether oxygens (including phenoxy) is 1. The molecule has 5 nitrogen and oxygen atoms in total. The van der Waals surface area contributed by atoms with Crippen LogP contribution in [0.3, 0.4) is 0 Å². The minimum atomic E-state index is 0.272. The molecule has 6 heteroatoms. The van der Waals surface area contributed by atoms with Gasteiger partial charge in [0.25, 0.3) is 0 Å². The minimum Gasteiger partial charge on any atom is -0.486 e. The quantitative estimate of drug-likeness (QED) is 0.564. The van der Waals surface area contributed by atoms with Crippen molar-refractivity contribution in [1.82, 2.24) is 20.2 Å². The summed E-state index contributed by atoms with van der Waals surface area (Å²) in [5, 5.41) is 14.8. The SMILES string of the molecule is Clc1ccc(-n2nnnc2COc2ccc3ccccc3c2)cc1. The van der Waals surface area contributed by atoms with Crippen molar-refractivity contribution in [1.29, 1.82) is 0 Å². The summed E-state index contributed by atoms with van der Waals surface area (Å²) in [5.41, 5.74) is 0.835.